The van der Waals surface area contributed by atoms with Crippen LogP contribution in [0.15, 0.2) is 4.40 Å². The summed E-state index contributed by atoms with van der Waals surface area (Å²) in [5.41, 5.74) is 0.515. The number of hydrogen-bond acceptors (Lipinski definition) is 1. The molecule has 0 spiro atoms. The molecule has 1 nitrogen and oxygen atoms in total. The Morgan fingerprint density at radius 3 is 1.92 bits per heavy atom. The molecule has 0 saturated heterocycles. The lowest BCUT2D eigenvalue weighted by atomic mass is 10.00. The molecule has 0 heterocycles. The summed E-state index contributed by atoms with van der Waals surface area (Å²) in [5, 5.41) is 0. The van der Waals surface area contributed by atoms with Gasteiger partial charge in [0.2, 0.25) is 0 Å². The van der Waals surface area contributed by atoms with Gasteiger partial charge >= 0.3 is 0 Å². The van der Waals surface area contributed by atoms with Crippen LogP contribution in [0, 0.1) is 10.8 Å². The highest BCUT2D eigenvalue weighted by molar-refractivity contribution is 8.13. The van der Waals surface area contributed by atoms with Crippen molar-refractivity contribution in [1.29, 1.82) is 0 Å². The minimum Gasteiger partial charge on any atom is -0.236 e. The normalized spacial score (nSPS) is 16.5. The van der Waals surface area contributed by atoms with Gasteiger partial charge in [0.1, 0.15) is 0 Å². The van der Waals surface area contributed by atoms with E-state index >= 15 is 0 Å². The molecule has 0 aromatic carbocycles. The molecule has 0 N–H and O–H groups in total. The third-order valence-electron chi connectivity index (χ3n) is 1.19. The third-order valence-corrected chi connectivity index (χ3v) is 2.79. The van der Waals surface area contributed by atoms with Crippen molar-refractivity contribution in [3.8, 4) is 0 Å². The van der Waals surface area contributed by atoms with E-state index in [1.165, 1.54) is 0 Å². The van der Waals surface area contributed by atoms with Crippen LogP contribution in [-0.4, -0.2) is 17.8 Å². The van der Waals surface area contributed by atoms with E-state index in [1.807, 2.05) is 6.21 Å². The van der Waals surface area contributed by atoms with E-state index in [9.17, 15) is 0 Å². The first kappa shape index (κ1) is 12.9. The molecular formula is C11H23NS. The minimum absolute atomic E-state index is 0.0665. The molecule has 0 rings (SSSR count). The molecule has 78 valence electrons. The largest absolute Gasteiger partial charge is 0.236 e. The van der Waals surface area contributed by atoms with Gasteiger partial charge in [-0.1, -0.05) is 58.1 Å². The Bertz CT molecular complexity index is 203. The zero-order valence-electron chi connectivity index (χ0n) is 9.85. The van der Waals surface area contributed by atoms with Crippen molar-refractivity contribution >= 4 is 22.8 Å². The van der Waals surface area contributed by atoms with Gasteiger partial charge in [0.15, 0.2) is 0 Å². The summed E-state index contributed by atoms with van der Waals surface area (Å²) in [6.45, 7) is 13.2. The van der Waals surface area contributed by atoms with Gasteiger partial charge in [0.05, 0.1) is 0 Å². The summed E-state index contributed by atoms with van der Waals surface area (Å²) in [5.74, 6) is 5.13. The van der Waals surface area contributed by atoms with Gasteiger partial charge in [-0.3, -0.25) is 0 Å². The fourth-order valence-electron chi connectivity index (χ4n) is 0.770. The molecule has 0 fully saturated rings. The summed E-state index contributed by atoms with van der Waals surface area (Å²) in [7, 11) is -0.0665. The van der Waals surface area contributed by atoms with Crippen LogP contribution in [0.2, 0.25) is 0 Å². The Hall–Kier alpha value is -0.110. The van der Waals surface area contributed by atoms with Gasteiger partial charge in [-0.15, -0.1) is 0 Å². The highest BCUT2D eigenvalue weighted by Crippen LogP contribution is 2.26. The Labute approximate surface area is 85.7 Å². The first-order chi connectivity index (χ1) is 5.60. The van der Waals surface area contributed by atoms with Crippen LogP contribution in [-0.2, 0) is 0 Å². The van der Waals surface area contributed by atoms with Gasteiger partial charge in [0, 0.05) is 12.0 Å². The maximum atomic E-state index is 4.47. The maximum Gasteiger partial charge on any atom is 0.0173 e. The van der Waals surface area contributed by atoms with Gasteiger partial charge in [-0.2, -0.15) is 0 Å². The van der Waals surface area contributed by atoms with Crippen molar-refractivity contribution in [3.05, 3.63) is 0 Å². The van der Waals surface area contributed by atoms with Crippen LogP contribution in [0.5, 0.6) is 0 Å². The lowest BCUT2D eigenvalue weighted by Gasteiger charge is -2.18. The predicted octanol–water partition coefficient (Wildman–Crippen LogP) is 3.77. The summed E-state index contributed by atoms with van der Waals surface area (Å²) in [6, 6.07) is 0. The Morgan fingerprint density at radius 2 is 1.62 bits per heavy atom. The Kier molecular flexibility index (Phi) is 4.37. The van der Waals surface area contributed by atoms with Crippen LogP contribution < -0.4 is 0 Å². The van der Waals surface area contributed by atoms with E-state index in [1.54, 1.807) is 0 Å². The number of nitrogens with zero attached hydrogens (tertiary/aromatic N) is 1. The van der Waals surface area contributed by atoms with E-state index in [0.29, 0.717) is 5.41 Å². The predicted molar refractivity (Wildman–Crippen MR) is 67.0 cm³/mol. The molecule has 0 amide bonds. The minimum atomic E-state index is -0.0665. The molecule has 0 bridgehead atoms. The molecule has 2 heteroatoms. The molecule has 0 aromatic rings. The fraction of sp³-hybridized carbons (Fsp3) is 0.818. The highest BCUT2D eigenvalue weighted by atomic mass is 32.2. The molecule has 13 heavy (non-hydrogen) atoms. The highest BCUT2D eigenvalue weighted by Gasteiger charge is 2.11. The molecule has 0 radical (unpaired) electrons. The zero-order chi connectivity index (χ0) is 10.7. The van der Waals surface area contributed by atoms with Crippen molar-refractivity contribution in [2.75, 3.05) is 5.75 Å². The summed E-state index contributed by atoms with van der Waals surface area (Å²) >= 11 is 0. The SMILES string of the molecule is C=S(CC(C)(C)C)N=CC(C)(C)C. The molecule has 0 aliphatic carbocycles. The average molecular weight is 201 g/mol. The molecule has 0 aliphatic rings. The van der Waals surface area contributed by atoms with Crippen LogP contribution in [0.3, 0.4) is 0 Å². The summed E-state index contributed by atoms with van der Waals surface area (Å²) in [4.78, 5) is 0. The monoisotopic (exact) mass is 201 g/mol. The second-order valence-corrected chi connectivity index (χ2v) is 7.19. The van der Waals surface area contributed by atoms with Crippen LogP contribution in [0.1, 0.15) is 41.5 Å². The second-order valence-electron chi connectivity index (χ2n) is 5.77. The van der Waals surface area contributed by atoms with Crippen molar-refractivity contribution < 1.29 is 0 Å². The number of rotatable bonds is 2. The zero-order valence-corrected chi connectivity index (χ0v) is 10.7. The van der Waals surface area contributed by atoms with E-state index in [0.717, 1.165) is 5.75 Å². The molecule has 1 unspecified atom stereocenters. The third kappa shape index (κ3) is 9.81. The summed E-state index contributed by atoms with van der Waals surface area (Å²) in [6.07, 6.45) is 2.02. The molecule has 0 aromatic heterocycles. The van der Waals surface area contributed by atoms with E-state index in [4.69, 9.17) is 0 Å². The van der Waals surface area contributed by atoms with Crippen molar-refractivity contribution in [3.63, 3.8) is 0 Å². The van der Waals surface area contributed by atoms with Crippen molar-refractivity contribution in [1.82, 2.24) is 0 Å². The quantitative estimate of drug-likeness (QED) is 0.476. The first-order valence-electron chi connectivity index (χ1n) is 4.66. The van der Waals surface area contributed by atoms with Crippen molar-refractivity contribution in [2.24, 2.45) is 15.2 Å². The molecule has 1 atom stereocenters. The Morgan fingerprint density at radius 1 is 1.15 bits per heavy atom. The molecule has 0 aliphatic heterocycles. The summed E-state index contributed by atoms with van der Waals surface area (Å²) < 4.78 is 4.47. The van der Waals surface area contributed by atoms with Gasteiger partial charge in [-0.25, -0.2) is 4.40 Å². The van der Waals surface area contributed by atoms with Crippen LogP contribution >= 0.6 is 10.7 Å². The second kappa shape index (κ2) is 4.41. The van der Waals surface area contributed by atoms with Crippen LogP contribution in [0.25, 0.3) is 0 Å². The van der Waals surface area contributed by atoms with Gasteiger partial charge < -0.3 is 0 Å². The van der Waals surface area contributed by atoms with Crippen molar-refractivity contribution in [2.45, 2.75) is 41.5 Å². The lowest BCUT2D eigenvalue weighted by molar-refractivity contribution is 0.480. The smallest absolute Gasteiger partial charge is 0.0173 e. The van der Waals surface area contributed by atoms with Gasteiger partial charge in [0.25, 0.3) is 0 Å². The molecule has 0 saturated carbocycles. The molecular weight excluding hydrogens is 178 g/mol. The van der Waals surface area contributed by atoms with E-state index in [-0.39, 0.29) is 16.1 Å². The van der Waals surface area contributed by atoms with E-state index in [2.05, 4.69) is 51.8 Å². The first-order valence-corrected chi connectivity index (χ1v) is 6.18. The maximum absolute atomic E-state index is 4.47. The van der Waals surface area contributed by atoms with E-state index < -0.39 is 0 Å². The fourth-order valence-corrected chi connectivity index (χ4v) is 2.31. The average Bonchev–Trinajstić information content (AvgIpc) is 1.78. The Balaban J connectivity index is 4.11. The number of hydrogen-bond donors (Lipinski definition) is 0. The van der Waals surface area contributed by atoms with Gasteiger partial charge in [-0.05, 0) is 10.8 Å². The standard InChI is InChI=1S/C11H23NS/c1-10(2,3)8-12-13(7)9-11(4,5)6/h8H,7,9H2,1-6H3. The topological polar surface area (TPSA) is 12.4 Å². The lowest BCUT2D eigenvalue weighted by Crippen LogP contribution is -2.10. The van der Waals surface area contributed by atoms with Crippen LogP contribution in [0.4, 0.5) is 0 Å².